The van der Waals surface area contributed by atoms with Crippen LogP contribution in [0.1, 0.15) is 32.6 Å². The average Bonchev–Trinajstić information content (AvgIpc) is 2.48. The Morgan fingerprint density at radius 1 is 1.36 bits per heavy atom. The Hall–Kier alpha value is -0.570. The molecule has 0 radical (unpaired) electrons. The molecular weight excluding hydrogens is 178 g/mol. The number of rotatable bonds is 2. The topological polar surface area (TPSA) is 40.5 Å². The second kappa shape index (κ2) is 3.89. The number of likely N-dealkylation sites (tertiary alicyclic amines) is 1. The van der Waals surface area contributed by atoms with E-state index in [1.807, 2.05) is 4.90 Å². The number of nitrogens with zero attached hydrogens (tertiary/aromatic N) is 1. The quantitative estimate of drug-likeness (QED) is 0.718. The van der Waals surface area contributed by atoms with E-state index in [0.29, 0.717) is 11.8 Å². The largest absolute Gasteiger partial charge is 0.392 e. The molecule has 1 saturated heterocycles. The van der Waals surface area contributed by atoms with Gasteiger partial charge in [-0.2, -0.15) is 0 Å². The lowest BCUT2D eigenvalue weighted by Gasteiger charge is -2.33. The van der Waals surface area contributed by atoms with Crippen molar-refractivity contribution in [3.63, 3.8) is 0 Å². The molecule has 2 unspecified atom stereocenters. The summed E-state index contributed by atoms with van der Waals surface area (Å²) < 4.78 is 0. The maximum absolute atomic E-state index is 11.1. The third-order valence-corrected chi connectivity index (χ3v) is 3.79. The number of carbonyl (C=O) groups excluding carboxylic acids is 1. The molecule has 0 aromatic rings. The molecule has 1 aliphatic heterocycles. The summed E-state index contributed by atoms with van der Waals surface area (Å²) in [6.07, 6.45) is 4.45. The first-order chi connectivity index (χ1) is 6.68. The normalized spacial score (nSPS) is 30.1. The van der Waals surface area contributed by atoms with E-state index in [2.05, 4.69) is 0 Å². The molecule has 1 aliphatic carbocycles. The van der Waals surface area contributed by atoms with E-state index >= 15 is 0 Å². The molecule has 0 spiro atoms. The van der Waals surface area contributed by atoms with Crippen molar-refractivity contribution in [3.8, 4) is 0 Å². The maximum atomic E-state index is 11.1. The highest BCUT2D eigenvalue weighted by atomic mass is 16.3. The fourth-order valence-corrected chi connectivity index (χ4v) is 2.52. The minimum absolute atomic E-state index is 0.147. The molecule has 2 rings (SSSR count). The Morgan fingerprint density at radius 2 is 2.07 bits per heavy atom. The fraction of sp³-hybridized carbons (Fsp3) is 0.909. The molecule has 2 fully saturated rings. The first-order valence-electron chi connectivity index (χ1n) is 5.62. The van der Waals surface area contributed by atoms with Crippen molar-refractivity contribution < 1.29 is 9.90 Å². The third-order valence-electron chi connectivity index (χ3n) is 3.79. The van der Waals surface area contributed by atoms with Gasteiger partial charge in [0.2, 0.25) is 5.91 Å². The van der Waals surface area contributed by atoms with Crippen LogP contribution in [0.15, 0.2) is 0 Å². The number of amides is 1. The van der Waals surface area contributed by atoms with Crippen molar-refractivity contribution in [2.45, 2.75) is 38.7 Å². The number of carbonyl (C=O) groups is 1. The van der Waals surface area contributed by atoms with Crippen LogP contribution in [0.3, 0.4) is 0 Å². The predicted octanol–water partition coefficient (Wildman–Crippen LogP) is 1.02. The van der Waals surface area contributed by atoms with Gasteiger partial charge in [0.1, 0.15) is 0 Å². The molecule has 80 valence electrons. The zero-order valence-corrected chi connectivity index (χ0v) is 8.78. The van der Waals surface area contributed by atoms with Gasteiger partial charge in [-0.1, -0.05) is 6.42 Å². The lowest BCUT2D eigenvalue weighted by atomic mass is 9.76. The Balaban J connectivity index is 1.84. The van der Waals surface area contributed by atoms with Crippen molar-refractivity contribution in [1.82, 2.24) is 4.90 Å². The minimum atomic E-state index is -0.159. The summed E-state index contributed by atoms with van der Waals surface area (Å²) in [5.41, 5.74) is 0. The SMILES string of the molecule is CC(=O)N1CCC(C(O)C2CCC2)C1. The molecule has 1 heterocycles. The molecule has 2 aliphatic rings. The van der Waals surface area contributed by atoms with E-state index < -0.39 is 0 Å². The maximum Gasteiger partial charge on any atom is 0.219 e. The Labute approximate surface area is 85.1 Å². The molecule has 1 amide bonds. The van der Waals surface area contributed by atoms with E-state index in [4.69, 9.17) is 0 Å². The molecule has 0 aromatic heterocycles. The van der Waals surface area contributed by atoms with Crippen molar-refractivity contribution in [2.24, 2.45) is 11.8 Å². The Kier molecular flexibility index (Phi) is 2.77. The van der Waals surface area contributed by atoms with Crippen LogP contribution in [0.4, 0.5) is 0 Å². The summed E-state index contributed by atoms with van der Waals surface area (Å²) >= 11 is 0. The molecule has 14 heavy (non-hydrogen) atoms. The van der Waals surface area contributed by atoms with Crippen LogP contribution in [0, 0.1) is 11.8 Å². The van der Waals surface area contributed by atoms with E-state index in [1.54, 1.807) is 6.92 Å². The highest BCUT2D eigenvalue weighted by Gasteiger charge is 2.36. The number of hydrogen-bond donors (Lipinski definition) is 1. The van der Waals surface area contributed by atoms with Crippen molar-refractivity contribution in [2.75, 3.05) is 13.1 Å². The summed E-state index contributed by atoms with van der Waals surface area (Å²) in [6.45, 7) is 3.22. The monoisotopic (exact) mass is 197 g/mol. The lowest BCUT2D eigenvalue weighted by molar-refractivity contribution is -0.128. The summed E-state index contributed by atoms with van der Waals surface area (Å²) in [7, 11) is 0. The number of aliphatic hydroxyl groups excluding tert-OH is 1. The van der Waals surface area contributed by atoms with E-state index in [-0.39, 0.29) is 12.0 Å². The summed E-state index contributed by atoms with van der Waals surface area (Å²) in [6, 6.07) is 0. The third kappa shape index (κ3) is 1.78. The number of aliphatic hydroxyl groups is 1. The van der Waals surface area contributed by atoms with Gasteiger partial charge >= 0.3 is 0 Å². The van der Waals surface area contributed by atoms with Crippen LogP contribution in [0.5, 0.6) is 0 Å². The van der Waals surface area contributed by atoms with Gasteiger partial charge < -0.3 is 10.0 Å². The molecule has 2 atom stereocenters. The molecule has 3 heteroatoms. The van der Waals surface area contributed by atoms with E-state index in [1.165, 1.54) is 19.3 Å². The van der Waals surface area contributed by atoms with E-state index in [9.17, 15) is 9.90 Å². The molecular formula is C11H19NO2. The molecule has 0 bridgehead atoms. The lowest BCUT2D eigenvalue weighted by Crippen LogP contribution is -2.35. The van der Waals surface area contributed by atoms with Crippen LogP contribution >= 0.6 is 0 Å². The van der Waals surface area contributed by atoms with Gasteiger partial charge in [0.05, 0.1) is 6.10 Å². The van der Waals surface area contributed by atoms with Crippen LogP contribution < -0.4 is 0 Å². The second-order valence-corrected chi connectivity index (χ2v) is 4.70. The van der Waals surface area contributed by atoms with Gasteiger partial charge in [0, 0.05) is 25.9 Å². The zero-order valence-electron chi connectivity index (χ0n) is 8.78. The fourth-order valence-electron chi connectivity index (χ4n) is 2.52. The predicted molar refractivity (Wildman–Crippen MR) is 53.7 cm³/mol. The van der Waals surface area contributed by atoms with Crippen LogP contribution in [0.2, 0.25) is 0 Å². The summed E-state index contributed by atoms with van der Waals surface area (Å²) in [4.78, 5) is 13.0. The summed E-state index contributed by atoms with van der Waals surface area (Å²) in [5.74, 6) is 1.00. The zero-order chi connectivity index (χ0) is 10.1. The molecule has 1 N–H and O–H groups in total. The summed E-state index contributed by atoms with van der Waals surface area (Å²) in [5, 5.41) is 10.0. The van der Waals surface area contributed by atoms with Gasteiger partial charge in [0.25, 0.3) is 0 Å². The minimum Gasteiger partial charge on any atom is -0.392 e. The van der Waals surface area contributed by atoms with Gasteiger partial charge in [-0.3, -0.25) is 4.79 Å². The molecule has 1 saturated carbocycles. The molecule has 0 aromatic carbocycles. The Bertz CT molecular complexity index is 225. The first kappa shape index (κ1) is 9.97. The van der Waals surface area contributed by atoms with Crippen molar-refractivity contribution in [1.29, 1.82) is 0 Å². The second-order valence-electron chi connectivity index (χ2n) is 4.70. The van der Waals surface area contributed by atoms with Crippen LogP contribution in [-0.4, -0.2) is 35.1 Å². The Morgan fingerprint density at radius 3 is 2.50 bits per heavy atom. The molecule has 3 nitrogen and oxygen atoms in total. The average molecular weight is 197 g/mol. The number of hydrogen-bond acceptors (Lipinski definition) is 2. The van der Waals surface area contributed by atoms with E-state index in [0.717, 1.165) is 19.5 Å². The highest BCUT2D eigenvalue weighted by Crippen LogP contribution is 2.35. The van der Waals surface area contributed by atoms with Gasteiger partial charge in [0.15, 0.2) is 0 Å². The van der Waals surface area contributed by atoms with Crippen molar-refractivity contribution in [3.05, 3.63) is 0 Å². The first-order valence-corrected chi connectivity index (χ1v) is 5.62. The van der Waals surface area contributed by atoms with Crippen LogP contribution in [-0.2, 0) is 4.79 Å². The van der Waals surface area contributed by atoms with Crippen LogP contribution in [0.25, 0.3) is 0 Å². The highest BCUT2D eigenvalue weighted by molar-refractivity contribution is 5.73. The van der Waals surface area contributed by atoms with Gasteiger partial charge in [-0.25, -0.2) is 0 Å². The van der Waals surface area contributed by atoms with Gasteiger partial charge in [-0.15, -0.1) is 0 Å². The standard InChI is InChI=1S/C11H19NO2/c1-8(13)12-6-5-10(7-12)11(14)9-3-2-4-9/h9-11,14H,2-7H2,1H3. The van der Waals surface area contributed by atoms with Gasteiger partial charge in [-0.05, 0) is 25.2 Å². The smallest absolute Gasteiger partial charge is 0.219 e. The van der Waals surface area contributed by atoms with Crippen molar-refractivity contribution >= 4 is 5.91 Å².